The first kappa shape index (κ1) is 19.6. The summed E-state index contributed by atoms with van der Waals surface area (Å²) in [6, 6.07) is 7.99. The maximum absolute atomic E-state index is 13.7. The summed E-state index contributed by atoms with van der Waals surface area (Å²) in [7, 11) is 1.34. The molecule has 0 aliphatic carbocycles. The molecule has 0 saturated heterocycles. The molecule has 8 heteroatoms. The molecule has 0 aliphatic rings. The van der Waals surface area contributed by atoms with Crippen molar-refractivity contribution in [3.8, 4) is 11.5 Å². The smallest absolute Gasteiger partial charge is 0.416 e. The van der Waals surface area contributed by atoms with E-state index in [0.29, 0.717) is 5.56 Å². The van der Waals surface area contributed by atoms with Gasteiger partial charge in [0.1, 0.15) is 5.75 Å². The number of rotatable bonds is 6. The second-order valence-corrected chi connectivity index (χ2v) is 5.50. The fraction of sp³-hybridized carbons (Fsp3) is 0.278. The Morgan fingerprint density at radius 3 is 2.54 bits per heavy atom. The number of amides is 1. The minimum Gasteiger partial charge on any atom is -0.494 e. The van der Waals surface area contributed by atoms with Gasteiger partial charge in [-0.05, 0) is 42.8 Å². The highest BCUT2D eigenvalue weighted by molar-refractivity contribution is 5.78. The maximum Gasteiger partial charge on any atom is 0.416 e. The van der Waals surface area contributed by atoms with Crippen molar-refractivity contribution in [1.82, 2.24) is 5.32 Å². The van der Waals surface area contributed by atoms with Gasteiger partial charge in [-0.15, -0.1) is 0 Å². The number of ether oxygens (including phenoxy) is 2. The summed E-state index contributed by atoms with van der Waals surface area (Å²) in [6.07, 6.45) is -4.49. The Kier molecular flexibility index (Phi) is 6.07. The van der Waals surface area contributed by atoms with Crippen LogP contribution in [0.25, 0.3) is 0 Å². The lowest BCUT2D eigenvalue weighted by molar-refractivity contribution is -0.137. The van der Waals surface area contributed by atoms with Gasteiger partial charge in [0, 0.05) is 0 Å². The van der Waals surface area contributed by atoms with Crippen LogP contribution in [-0.4, -0.2) is 19.6 Å². The second-order valence-electron chi connectivity index (χ2n) is 5.50. The average molecular weight is 371 g/mol. The lowest BCUT2D eigenvalue weighted by atomic mass is 10.1. The van der Waals surface area contributed by atoms with E-state index in [1.165, 1.54) is 31.4 Å². The van der Waals surface area contributed by atoms with Gasteiger partial charge in [0.15, 0.2) is 18.2 Å². The minimum atomic E-state index is -4.49. The monoisotopic (exact) mass is 371 g/mol. The predicted molar refractivity (Wildman–Crippen MR) is 86.4 cm³/mol. The predicted octanol–water partition coefficient (Wildman–Crippen LogP) is 4.11. The van der Waals surface area contributed by atoms with Crippen LogP contribution in [0, 0.1) is 5.82 Å². The zero-order valence-electron chi connectivity index (χ0n) is 14.1. The molecule has 140 valence electrons. The first-order valence-corrected chi connectivity index (χ1v) is 7.63. The molecule has 0 saturated carbocycles. The van der Waals surface area contributed by atoms with Gasteiger partial charge in [0.2, 0.25) is 0 Å². The van der Waals surface area contributed by atoms with Gasteiger partial charge in [-0.25, -0.2) is 4.39 Å². The second kappa shape index (κ2) is 8.07. The van der Waals surface area contributed by atoms with Crippen LogP contribution in [0.15, 0.2) is 42.5 Å². The Labute approximate surface area is 147 Å². The third-order valence-electron chi connectivity index (χ3n) is 3.58. The Morgan fingerprint density at radius 2 is 1.92 bits per heavy atom. The van der Waals surface area contributed by atoms with Crippen LogP contribution in [0.1, 0.15) is 24.1 Å². The van der Waals surface area contributed by atoms with E-state index in [0.717, 1.165) is 12.1 Å². The van der Waals surface area contributed by atoms with Gasteiger partial charge >= 0.3 is 6.18 Å². The zero-order valence-corrected chi connectivity index (χ0v) is 14.1. The Morgan fingerprint density at radius 1 is 1.19 bits per heavy atom. The van der Waals surface area contributed by atoms with Crippen LogP contribution in [0.3, 0.4) is 0 Å². The molecule has 1 atom stereocenters. The summed E-state index contributed by atoms with van der Waals surface area (Å²) in [4.78, 5) is 11.9. The van der Waals surface area contributed by atoms with Gasteiger partial charge in [-0.3, -0.25) is 4.79 Å². The number of carbonyl (C=O) groups is 1. The van der Waals surface area contributed by atoms with E-state index in [-0.39, 0.29) is 11.5 Å². The van der Waals surface area contributed by atoms with Crippen LogP contribution in [0.2, 0.25) is 0 Å². The molecule has 0 aliphatic heterocycles. The lowest BCUT2D eigenvalue weighted by Gasteiger charge is -2.16. The lowest BCUT2D eigenvalue weighted by Crippen LogP contribution is -2.31. The van der Waals surface area contributed by atoms with Crippen LogP contribution >= 0.6 is 0 Å². The molecule has 1 N–H and O–H groups in total. The van der Waals surface area contributed by atoms with Crippen molar-refractivity contribution in [3.05, 3.63) is 59.4 Å². The van der Waals surface area contributed by atoms with Gasteiger partial charge in [0.05, 0.1) is 18.7 Å². The summed E-state index contributed by atoms with van der Waals surface area (Å²) >= 11 is 0. The van der Waals surface area contributed by atoms with Crippen molar-refractivity contribution < 1.29 is 31.8 Å². The summed E-state index contributed by atoms with van der Waals surface area (Å²) in [5.41, 5.74) is -0.354. The van der Waals surface area contributed by atoms with E-state index in [1.807, 2.05) is 0 Å². The minimum absolute atomic E-state index is 0.0712. The summed E-state index contributed by atoms with van der Waals surface area (Å²) in [6.45, 7) is 1.17. The van der Waals surface area contributed by atoms with Gasteiger partial charge in [0.25, 0.3) is 5.91 Å². The summed E-state index contributed by atoms with van der Waals surface area (Å²) in [5.74, 6) is -1.10. The van der Waals surface area contributed by atoms with Crippen molar-refractivity contribution in [2.24, 2.45) is 0 Å². The van der Waals surface area contributed by atoms with E-state index < -0.39 is 36.1 Å². The fourth-order valence-electron chi connectivity index (χ4n) is 2.23. The molecule has 0 spiro atoms. The Bertz CT molecular complexity index is 777. The van der Waals surface area contributed by atoms with Crippen LogP contribution < -0.4 is 14.8 Å². The Balaban J connectivity index is 1.93. The standard InChI is InChI=1S/C18H17F4NO3/c1-11(12-6-7-16(25-2)15(19)8-12)23-17(24)10-26-14-5-3-4-13(9-14)18(20,21)22/h3-9,11H,10H2,1-2H3,(H,23,24)/t11-/m1/s1. The first-order chi connectivity index (χ1) is 12.2. The van der Waals surface area contributed by atoms with E-state index in [4.69, 9.17) is 9.47 Å². The number of methoxy groups -OCH3 is 1. The van der Waals surface area contributed by atoms with Crippen molar-refractivity contribution >= 4 is 5.91 Å². The number of halogens is 4. The van der Waals surface area contributed by atoms with Crippen molar-refractivity contribution in [1.29, 1.82) is 0 Å². The highest BCUT2D eigenvalue weighted by Gasteiger charge is 2.30. The number of benzene rings is 2. The number of hydrogen-bond donors (Lipinski definition) is 1. The van der Waals surface area contributed by atoms with Crippen molar-refractivity contribution in [2.75, 3.05) is 13.7 Å². The van der Waals surface area contributed by atoms with Crippen molar-refractivity contribution in [3.63, 3.8) is 0 Å². The molecular formula is C18H17F4NO3. The summed E-state index contributed by atoms with van der Waals surface area (Å²) < 4.78 is 61.5. The van der Waals surface area contributed by atoms with Gasteiger partial charge < -0.3 is 14.8 Å². The van der Waals surface area contributed by atoms with Crippen LogP contribution in [0.4, 0.5) is 17.6 Å². The number of alkyl halides is 3. The molecule has 4 nitrogen and oxygen atoms in total. The zero-order chi connectivity index (χ0) is 19.3. The largest absolute Gasteiger partial charge is 0.494 e. The molecule has 0 bridgehead atoms. The Hall–Kier alpha value is -2.77. The highest BCUT2D eigenvalue weighted by Crippen LogP contribution is 2.31. The SMILES string of the molecule is COc1ccc([C@@H](C)NC(=O)COc2cccc(C(F)(F)F)c2)cc1F. The molecule has 2 rings (SSSR count). The van der Waals surface area contributed by atoms with E-state index in [2.05, 4.69) is 5.32 Å². The molecule has 0 radical (unpaired) electrons. The topological polar surface area (TPSA) is 47.6 Å². The number of nitrogens with one attached hydrogen (secondary N) is 1. The number of carbonyl (C=O) groups excluding carboxylic acids is 1. The third-order valence-corrected chi connectivity index (χ3v) is 3.58. The van der Waals surface area contributed by atoms with E-state index in [9.17, 15) is 22.4 Å². The van der Waals surface area contributed by atoms with Crippen LogP contribution in [0.5, 0.6) is 11.5 Å². The number of hydrogen-bond acceptors (Lipinski definition) is 3. The molecule has 2 aromatic rings. The molecule has 1 amide bonds. The normalized spacial score (nSPS) is 12.4. The molecule has 0 unspecified atom stereocenters. The summed E-state index contributed by atoms with van der Waals surface area (Å²) in [5, 5.41) is 2.58. The van der Waals surface area contributed by atoms with Gasteiger partial charge in [-0.1, -0.05) is 12.1 Å². The molecule has 2 aromatic carbocycles. The highest BCUT2D eigenvalue weighted by atomic mass is 19.4. The average Bonchev–Trinajstić information content (AvgIpc) is 2.59. The molecule has 0 aromatic heterocycles. The molecule has 0 fully saturated rings. The fourth-order valence-corrected chi connectivity index (χ4v) is 2.23. The maximum atomic E-state index is 13.7. The third kappa shape index (κ3) is 5.11. The van der Waals surface area contributed by atoms with Crippen LogP contribution in [-0.2, 0) is 11.0 Å². The van der Waals surface area contributed by atoms with E-state index in [1.54, 1.807) is 13.0 Å². The molecule has 26 heavy (non-hydrogen) atoms. The van der Waals surface area contributed by atoms with Gasteiger partial charge in [-0.2, -0.15) is 13.2 Å². The first-order valence-electron chi connectivity index (χ1n) is 7.63. The quantitative estimate of drug-likeness (QED) is 0.778. The van der Waals surface area contributed by atoms with Crippen molar-refractivity contribution in [2.45, 2.75) is 19.1 Å². The van der Waals surface area contributed by atoms with E-state index >= 15 is 0 Å². The molecule has 0 heterocycles. The molecular weight excluding hydrogens is 354 g/mol.